The Kier molecular flexibility index (Phi) is 3.90. The molecule has 4 nitrogen and oxygen atoms in total. The van der Waals surface area contributed by atoms with Crippen molar-refractivity contribution in [2.24, 2.45) is 0 Å². The number of carbonyl (C=O) groups excluding carboxylic acids is 1. The van der Waals surface area contributed by atoms with Gasteiger partial charge in [0.2, 0.25) is 0 Å². The molecule has 0 saturated carbocycles. The lowest BCUT2D eigenvalue weighted by Crippen LogP contribution is -2.38. The van der Waals surface area contributed by atoms with Crippen molar-refractivity contribution in [1.29, 1.82) is 0 Å². The molecule has 0 bridgehead atoms. The third kappa shape index (κ3) is 2.49. The van der Waals surface area contributed by atoms with E-state index in [1.54, 1.807) is 0 Å². The molecule has 3 unspecified atom stereocenters. The van der Waals surface area contributed by atoms with Gasteiger partial charge < -0.3 is 10.1 Å². The summed E-state index contributed by atoms with van der Waals surface area (Å²) >= 11 is 1.83. The molecule has 124 valence electrons. The van der Waals surface area contributed by atoms with Crippen molar-refractivity contribution < 1.29 is 9.53 Å². The number of piperidine rings is 1. The second-order valence-corrected chi connectivity index (χ2v) is 8.10. The van der Waals surface area contributed by atoms with Gasteiger partial charge in [0.05, 0.1) is 0 Å². The first-order valence-corrected chi connectivity index (χ1v) is 9.44. The number of rotatable bonds is 2. The molecule has 3 atom stereocenters. The first-order valence-electron chi connectivity index (χ1n) is 8.66. The number of hydrogen-bond acceptors (Lipinski definition) is 4. The Morgan fingerprint density at radius 1 is 1.26 bits per heavy atom. The molecular formula is C18H24N2O2S. The highest BCUT2D eigenvalue weighted by molar-refractivity contribution is 7.97. The molecule has 1 aromatic carbocycles. The van der Waals surface area contributed by atoms with Gasteiger partial charge in [-0.3, -0.25) is 4.79 Å². The fraction of sp³-hybridized carbons (Fsp3) is 0.611. The van der Waals surface area contributed by atoms with Crippen molar-refractivity contribution in [2.75, 3.05) is 11.9 Å². The third-order valence-electron chi connectivity index (χ3n) is 5.39. The second-order valence-electron chi connectivity index (χ2n) is 7.02. The van der Waals surface area contributed by atoms with Gasteiger partial charge in [0.1, 0.15) is 0 Å². The Morgan fingerprint density at radius 2 is 2.04 bits per heavy atom. The lowest BCUT2D eigenvalue weighted by molar-refractivity contribution is -0.135. The number of hydrogen-bond donors (Lipinski definition) is 1. The minimum absolute atomic E-state index is 0.00635. The summed E-state index contributed by atoms with van der Waals surface area (Å²) in [5.74, 6) is 0.00635. The Morgan fingerprint density at radius 3 is 2.74 bits per heavy atom. The minimum atomic E-state index is -0.731. The molecule has 3 aliphatic heterocycles. The fourth-order valence-corrected chi connectivity index (χ4v) is 5.21. The van der Waals surface area contributed by atoms with E-state index in [2.05, 4.69) is 35.6 Å². The highest BCUT2D eigenvalue weighted by atomic mass is 32.2. The molecule has 0 aromatic heterocycles. The molecule has 1 amide bonds. The van der Waals surface area contributed by atoms with Gasteiger partial charge in [0, 0.05) is 34.8 Å². The van der Waals surface area contributed by atoms with Crippen LogP contribution in [0.3, 0.4) is 0 Å². The number of benzene rings is 1. The van der Waals surface area contributed by atoms with Gasteiger partial charge in [-0.25, -0.2) is 4.31 Å². The number of fused-ring (bicyclic) bond motifs is 2. The quantitative estimate of drug-likeness (QED) is 0.834. The SMILES string of the molecule is CC1CCCC(C)N1Sc1ccc2c(c1)C1(CCCO1)C(=O)N2. The highest BCUT2D eigenvalue weighted by Gasteiger charge is 2.50. The number of carbonyl (C=O) groups is 1. The summed E-state index contributed by atoms with van der Waals surface area (Å²) in [6.07, 6.45) is 5.57. The van der Waals surface area contributed by atoms with Crippen LogP contribution in [-0.2, 0) is 15.1 Å². The van der Waals surface area contributed by atoms with Crippen LogP contribution in [0.15, 0.2) is 23.1 Å². The largest absolute Gasteiger partial charge is 0.360 e. The van der Waals surface area contributed by atoms with E-state index in [0.717, 1.165) is 24.1 Å². The van der Waals surface area contributed by atoms with Gasteiger partial charge >= 0.3 is 0 Å². The van der Waals surface area contributed by atoms with Gasteiger partial charge in [-0.2, -0.15) is 0 Å². The first kappa shape index (κ1) is 15.5. The zero-order valence-corrected chi connectivity index (χ0v) is 14.6. The molecular weight excluding hydrogens is 308 g/mol. The fourth-order valence-electron chi connectivity index (χ4n) is 4.10. The van der Waals surface area contributed by atoms with Gasteiger partial charge in [-0.15, -0.1) is 0 Å². The third-order valence-corrected chi connectivity index (χ3v) is 6.78. The molecule has 1 spiro atoms. The number of ether oxygens (including phenoxy) is 1. The van der Waals surface area contributed by atoms with Crippen LogP contribution in [0, 0.1) is 0 Å². The summed E-state index contributed by atoms with van der Waals surface area (Å²) < 4.78 is 8.40. The summed E-state index contributed by atoms with van der Waals surface area (Å²) in [5, 5.41) is 2.99. The number of nitrogens with one attached hydrogen (secondary N) is 1. The average molecular weight is 332 g/mol. The molecule has 4 rings (SSSR count). The molecule has 1 aromatic rings. The predicted molar refractivity (Wildman–Crippen MR) is 92.4 cm³/mol. The molecule has 0 radical (unpaired) electrons. The van der Waals surface area contributed by atoms with Crippen molar-refractivity contribution in [3.63, 3.8) is 0 Å². The van der Waals surface area contributed by atoms with Crippen LogP contribution in [-0.4, -0.2) is 28.9 Å². The van der Waals surface area contributed by atoms with Crippen LogP contribution in [0.1, 0.15) is 51.5 Å². The van der Waals surface area contributed by atoms with Gasteiger partial charge in [-0.1, -0.05) is 6.42 Å². The molecule has 3 aliphatic rings. The van der Waals surface area contributed by atoms with E-state index in [1.807, 2.05) is 18.0 Å². The Balaban J connectivity index is 1.63. The first-order chi connectivity index (χ1) is 11.1. The summed E-state index contributed by atoms with van der Waals surface area (Å²) in [4.78, 5) is 13.6. The van der Waals surface area contributed by atoms with E-state index in [9.17, 15) is 4.79 Å². The van der Waals surface area contributed by atoms with Gasteiger partial charge in [0.15, 0.2) is 5.60 Å². The highest BCUT2D eigenvalue weighted by Crippen LogP contribution is 2.47. The Labute approximate surface area is 142 Å². The summed E-state index contributed by atoms with van der Waals surface area (Å²) in [6, 6.07) is 7.50. The minimum Gasteiger partial charge on any atom is -0.360 e. The zero-order valence-electron chi connectivity index (χ0n) is 13.8. The maximum Gasteiger partial charge on any atom is 0.261 e. The smallest absolute Gasteiger partial charge is 0.261 e. The van der Waals surface area contributed by atoms with E-state index in [4.69, 9.17) is 4.74 Å². The summed E-state index contributed by atoms with van der Waals surface area (Å²) in [7, 11) is 0. The van der Waals surface area contributed by atoms with E-state index in [0.29, 0.717) is 18.7 Å². The molecule has 1 N–H and O–H groups in total. The topological polar surface area (TPSA) is 41.6 Å². The van der Waals surface area contributed by atoms with E-state index in [-0.39, 0.29) is 5.91 Å². The maximum atomic E-state index is 12.4. The van der Waals surface area contributed by atoms with Crippen LogP contribution in [0.4, 0.5) is 5.69 Å². The van der Waals surface area contributed by atoms with Crippen LogP contribution < -0.4 is 5.32 Å². The van der Waals surface area contributed by atoms with E-state index < -0.39 is 5.60 Å². The van der Waals surface area contributed by atoms with Crippen molar-refractivity contribution in [1.82, 2.24) is 4.31 Å². The standard InChI is InChI=1S/C18H24N2O2S/c1-12-5-3-6-13(2)20(12)23-14-7-8-16-15(11-14)18(17(21)19-16)9-4-10-22-18/h7-8,11-13H,3-6,9-10H2,1-2H3,(H,19,21). The Hall–Kier alpha value is -1.04. The number of amides is 1. The lowest BCUT2D eigenvalue weighted by Gasteiger charge is -2.37. The normalized spacial score (nSPS) is 33.9. The second kappa shape index (κ2) is 5.80. The molecule has 23 heavy (non-hydrogen) atoms. The summed E-state index contributed by atoms with van der Waals surface area (Å²) in [6.45, 7) is 5.29. The monoisotopic (exact) mass is 332 g/mol. The van der Waals surface area contributed by atoms with E-state index >= 15 is 0 Å². The van der Waals surface area contributed by atoms with Crippen LogP contribution >= 0.6 is 11.9 Å². The van der Waals surface area contributed by atoms with Crippen LogP contribution in [0.25, 0.3) is 0 Å². The summed E-state index contributed by atoms with van der Waals surface area (Å²) in [5.41, 5.74) is 1.22. The van der Waals surface area contributed by atoms with Crippen molar-refractivity contribution in [3.8, 4) is 0 Å². The maximum absolute atomic E-state index is 12.4. The molecule has 5 heteroatoms. The number of nitrogens with zero attached hydrogens (tertiary/aromatic N) is 1. The Bertz CT molecular complexity index is 617. The molecule has 2 fully saturated rings. The van der Waals surface area contributed by atoms with Crippen LogP contribution in [0.2, 0.25) is 0 Å². The van der Waals surface area contributed by atoms with Crippen LogP contribution in [0.5, 0.6) is 0 Å². The molecule has 0 aliphatic carbocycles. The average Bonchev–Trinajstić information content (AvgIpc) is 3.12. The molecule has 3 heterocycles. The van der Waals surface area contributed by atoms with E-state index in [1.165, 1.54) is 24.2 Å². The van der Waals surface area contributed by atoms with Crippen molar-refractivity contribution >= 4 is 23.5 Å². The predicted octanol–water partition coefficient (Wildman–Crippen LogP) is 3.91. The van der Waals surface area contributed by atoms with Gasteiger partial charge in [-0.05, 0) is 69.7 Å². The van der Waals surface area contributed by atoms with Crippen molar-refractivity contribution in [3.05, 3.63) is 23.8 Å². The van der Waals surface area contributed by atoms with Gasteiger partial charge in [0.25, 0.3) is 5.91 Å². The molecule has 2 saturated heterocycles. The lowest BCUT2D eigenvalue weighted by atomic mass is 9.92. The zero-order chi connectivity index (χ0) is 16.0. The number of anilines is 1. The van der Waals surface area contributed by atoms with Crippen molar-refractivity contribution in [2.45, 2.75) is 68.5 Å².